The minimum atomic E-state index is 0.140. The predicted octanol–water partition coefficient (Wildman–Crippen LogP) is 2.88. The average Bonchev–Trinajstić information content (AvgIpc) is 3.25. The Morgan fingerprint density at radius 1 is 1.24 bits per heavy atom. The molecule has 1 aliphatic rings. The number of nitrogens with zero attached hydrogens (tertiary/aromatic N) is 3. The van der Waals surface area contributed by atoms with E-state index in [-0.39, 0.29) is 18.4 Å². The molecule has 6 nitrogen and oxygen atoms in total. The fourth-order valence-corrected chi connectivity index (χ4v) is 3.37. The standard InChI is InChI=1S/C18H17N3O3S/c22-17(9-15-7-4-8-25-15)21-10-13(11-21)18-19-16(24-20-18)12-23-14-5-2-1-3-6-14/h1-8,13H,9-12H2. The summed E-state index contributed by atoms with van der Waals surface area (Å²) in [6.07, 6.45) is 0.465. The molecular weight excluding hydrogens is 338 g/mol. The van der Waals surface area contributed by atoms with Crippen LogP contribution in [0.5, 0.6) is 5.75 Å². The van der Waals surface area contributed by atoms with Gasteiger partial charge >= 0.3 is 0 Å². The highest BCUT2D eigenvalue weighted by Gasteiger charge is 2.34. The maximum absolute atomic E-state index is 12.2. The minimum Gasteiger partial charge on any atom is -0.484 e. The smallest absolute Gasteiger partial charge is 0.264 e. The zero-order valence-corrected chi connectivity index (χ0v) is 14.3. The first-order chi connectivity index (χ1) is 12.3. The van der Waals surface area contributed by atoms with Crippen LogP contribution in [0.25, 0.3) is 0 Å². The number of aromatic nitrogens is 2. The van der Waals surface area contributed by atoms with Crippen LogP contribution in [0, 0.1) is 0 Å². The average molecular weight is 355 g/mol. The lowest BCUT2D eigenvalue weighted by atomic mass is 9.99. The van der Waals surface area contributed by atoms with E-state index in [4.69, 9.17) is 9.26 Å². The van der Waals surface area contributed by atoms with Crippen molar-refractivity contribution in [2.75, 3.05) is 13.1 Å². The van der Waals surface area contributed by atoms with Crippen molar-refractivity contribution in [3.63, 3.8) is 0 Å². The summed E-state index contributed by atoms with van der Waals surface area (Å²) < 4.78 is 10.8. The summed E-state index contributed by atoms with van der Waals surface area (Å²) in [5, 5.41) is 6.00. The Morgan fingerprint density at radius 2 is 2.08 bits per heavy atom. The number of likely N-dealkylation sites (tertiary alicyclic amines) is 1. The van der Waals surface area contributed by atoms with Crippen molar-refractivity contribution in [1.82, 2.24) is 15.0 Å². The van der Waals surface area contributed by atoms with Crippen molar-refractivity contribution in [3.05, 3.63) is 64.4 Å². The minimum absolute atomic E-state index is 0.140. The Morgan fingerprint density at radius 3 is 2.84 bits per heavy atom. The van der Waals surface area contributed by atoms with E-state index in [1.165, 1.54) is 0 Å². The van der Waals surface area contributed by atoms with E-state index in [0.717, 1.165) is 10.6 Å². The summed E-state index contributed by atoms with van der Waals surface area (Å²) in [4.78, 5) is 19.5. The van der Waals surface area contributed by atoms with Crippen molar-refractivity contribution in [2.45, 2.75) is 18.9 Å². The van der Waals surface area contributed by atoms with Crippen LogP contribution in [0.1, 0.15) is 22.5 Å². The fourth-order valence-electron chi connectivity index (χ4n) is 2.67. The van der Waals surface area contributed by atoms with E-state index >= 15 is 0 Å². The second-order valence-electron chi connectivity index (χ2n) is 5.90. The first-order valence-electron chi connectivity index (χ1n) is 8.08. The third-order valence-electron chi connectivity index (χ3n) is 4.09. The van der Waals surface area contributed by atoms with Crippen LogP contribution >= 0.6 is 11.3 Å². The highest BCUT2D eigenvalue weighted by atomic mass is 32.1. The SMILES string of the molecule is O=C(Cc1cccs1)N1CC(c2noc(COc3ccccc3)n2)C1. The van der Waals surface area contributed by atoms with E-state index in [1.54, 1.807) is 11.3 Å². The van der Waals surface area contributed by atoms with E-state index in [2.05, 4.69) is 10.1 Å². The number of rotatable bonds is 6. The molecule has 0 radical (unpaired) electrons. The molecule has 1 fully saturated rings. The molecule has 1 saturated heterocycles. The van der Waals surface area contributed by atoms with Gasteiger partial charge in [-0.1, -0.05) is 29.4 Å². The number of para-hydroxylation sites is 1. The van der Waals surface area contributed by atoms with Gasteiger partial charge in [-0.05, 0) is 23.6 Å². The molecule has 0 bridgehead atoms. The summed E-state index contributed by atoms with van der Waals surface area (Å²) >= 11 is 1.61. The maximum atomic E-state index is 12.2. The Kier molecular flexibility index (Phi) is 4.47. The van der Waals surface area contributed by atoms with Crippen LogP contribution in [-0.2, 0) is 17.8 Å². The highest BCUT2D eigenvalue weighted by molar-refractivity contribution is 7.10. The van der Waals surface area contributed by atoms with Crippen LogP contribution in [-0.4, -0.2) is 34.0 Å². The zero-order chi connectivity index (χ0) is 17.1. The van der Waals surface area contributed by atoms with E-state index < -0.39 is 0 Å². The second-order valence-corrected chi connectivity index (χ2v) is 6.93. The number of ether oxygens (including phenoxy) is 1. The largest absolute Gasteiger partial charge is 0.484 e. The Labute approximate surface area is 149 Å². The van der Waals surface area contributed by atoms with Gasteiger partial charge in [0.25, 0.3) is 5.89 Å². The number of carbonyl (C=O) groups excluding carboxylic acids is 1. The molecule has 0 saturated carbocycles. The van der Waals surface area contributed by atoms with Crippen molar-refractivity contribution >= 4 is 17.2 Å². The van der Waals surface area contributed by atoms with Crippen LogP contribution in [0.3, 0.4) is 0 Å². The number of hydrogen-bond acceptors (Lipinski definition) is 6. The molecule has 1 aromatic carbocycles. The van der Waals surface area contributed by atoms with Crippen molar-refractivity contribution in [3.8, 4) is 5.75 Å². The number of amides is 1. The van der Waals surface area contributed by atoms with Gasteiger partial charge in [0.2, 0.25) is 5.91 Å². The summed E-state index contributed by atoms with van der Waals surface area (Å²) in [5.74, 6) is 2.14. The number of carbonyl (C=O) groups is 1. The summed E-state index contributed by atoms with van der Waals surface area (Å²) in [6, 6.07) is 13.4. The highest BCUT2D eigenvalue weighted by Crippen LogP contribution is 2.26. The van der Waals surface area contributed by atoms with Gasteiger partial charge in [0, 0.05) is 18.0 Å². The Hall–Kier alpha value is -2.67. The van der Waals surface area contributed by atoms with Gasteiger partial charge in [-0.3, -0.25) is 4.79 Å². The van der Waals surface area contributed by atoms with Crippen LogP contribution < -0.4 is 4.74 Å². The number of benzene rings is 1. The summed E-state index contributed by atoms with van der Waals surface area (Å²) in [5.41, 5.74) is 0. The second kappa shape index (κ2) is 7.06. The lowest BCUT2D eigenvalue weighted by Gasteiger charge is -2.37. The third-order valence-corrected chi connectivity index (χ3v) is 4.97. The van der Waals surface area contributed by atoms with Gasteiger partial charge in [0.15, 0.2) is 12.4 Å². The third kappa shape index (κ3) is 3.71. The van der Waals surface area contributed by atoms with Gasteiger partial charge in [-0.2, -0.15) is 4.98 Å². The van der Waals surface area contributed by atoms with E-state index in [0.29, 0.717) is 31.2 Å². The molecule has 0 unspecified atom stereocenters. The van der Waals surface area contributed by atoms with E-state index in [9.17, 15) is 4.79 Å². The van der Waals surface area contributed by atoms with Gasteiger partial charge in [-0.15, -0.1) is 11.3 Å². The normalized spacial score (nSPS) is 14.3. The van der Waals surface area contributed by atoms with Crippen LogP contribution in [0.4, 0.5) is 0 Å². The number of hydrogen-bond donors (Lipinski definition) is 0. The molecule has 2 aromatic heterocycles. The maximum Gasteiger partial charge on any atom is 0.264 e. The molecule has 1 amide bonds. The molecule has 0 N–H and O–H groups in total. The van der Waals surface area contributed by atoms with Crippen molar-refractivity contribution in [2.24, 2.45) is 0 Å². The molecule has 7 heteroatoms. The van der Waals surface area contributed by atoms with E-state index in [1.807, 2.05) is 52.7 Å². The molecule has 3 heterocycles. The molecule has 3 aromatic rings. The monoisotopic (exact) mass is 355 g/mol. The quantitative estimate of drug-likeness (QED) is 0.680. The Balaban J connectivity index is 1.27. The first kappa shape index (κ1) is 15.8. The van der Waals surface area contributed by atoms with Crippen molar-refractivity contribution < 1.29 is 14.1 Å². The molecule has 128 valence electrons. The number of thiophene rings is 1. The van der Waals surface area contributed by atoms with Gasteiger partial charge < -0.3 is 14.2 Å². The first-order valence-corrected chi connectivity index (χ1v) is 8.96. The summed E-state index contributed by atoms with van der Waals surface area (Å²) in [6.45, 7) is 1.52. The topological polar surface area (TPSA) is 68.5 Å². The Bertz CT molecular complexity index is 826. The van der Waals surface area contributed by atoms with Crippen LogP contribution in [0.15, 0.2) is 52.4 Å². The fraction of sp³-hybridized carbons (Fsp3) is 0.278. The van der Waals surface area contributed by atoms with Gasteiger partial charge in [-0.25, -0.2) is 0 Å². The lowest BCUT2D eigenvalue weighted by molar-refractivity contribution is -0.134. The molecule has 0 aliphatic carbocycles. The molecule has 25 heavy (non-hydrogen) atoms. The molecule has 0 atom stereocenters. The zero-order valence-electron chi connectivity index (χ0n) is 13.5. The van der Waals surface area contributed by atoms with Crippen LogP contribution in [0.2, 0.25) is 0 Å². The molecule has 4 rings (SSSR count). The lowest BCUT2D eigenvalue weighted by Crippen LogP contribution is -2.49. The molecule has 1 aliphatic heterocycles. The van der Waals surface area contributed by atoms with Crippen molar-refractivity contribution in [1.29, 1.82) is 0 Å². The summed E-state index contributed by atoms with van der Waals surface area (Å²) in [7, 11) is 0. The predicted molar refractivity (Wildman–Crippen MR) is 92.4 cm³/mol. The molecule has 0 spiro atoms. The van der Waals surface area contributed by atoms with Gasteiger partial charge in [0.05, 0.1) is 12.3 Å². The molecular formula is C18H17N3O3S. The van der Waals surface area contributed by atoms with Gasteiger partial charge in [0.1, 0.15) is 5.75 Å².